The molecule has 4 rings (SSSR count). The lowest BCUT2D eigenvalue weighted by Gasteiger charge is -2.31. The maximum Gasteiger partial charge on any atom is 0.270 e. The highest BCUT2D eigenvalue weighted by molar-refractivity contribution is 5.99. The largest absolute Gasteiger partial charge is 0.351 e. The van der Waals surface area contributed by atoms with Gasteiger partial charge < -0.3 is 15.2 Å². The van der Waals surface area contributed by atoms with Gasteiger partial charge in [-0.3, -0.25) is 9.59 Å². The summed E-state index contributed by atoms with van der Waals surface area (Å²) < 4.78 is 0. The topological polar surface area (TPSA) is 65.2 Å². The molecule has 1 aliphatic heterocycles. The lowest BCUT2D eigenvalue weighted by atomic mass is 9.95. The van der Waals surface area contributed by atoms with E-state index in [0.29, 0.717) is 31.6 Å². The molecule has 0 saturated carbocycles. The van der Waals surface area contributed by atoms with E-state index in [9.17, 15) is 9.59 Å². The van der Waals surface area contributed by atoms with Crippen molar-refractivity contribution < 1.29 is 9.59 Å². The Morgan fingerprint density at radius 2 is 1.75 bits per heavy atom. The number of anilines is 1. The Bertz CT molecular complexity index is 1020. The van der Waals surface area contributed by atoms with Gasteiger partial charge in [-0.25, -0.2) is 0 Å². The monoisotopic (exact) mass is 375 g/mol. The van der Waals surface area contributed by atoms with Crippen molar-refractivity contribution in [2.75, 3.05) is 18.4 Å². The van der Waals surface area contributed by atoms with E-state index in [4.69, 9.17) is 0 Å². The van der Waals surface area contributed by atoms with Crippen LogP contribution in [0.15, 0.2) is 48.5 Å². The molecule has 5 heteroatoms. The fourth-order valence-electron chi connectivity index (χ4n) is 4.00. The number of nitrogens with zero attached hydrogens (tertiary/aromatic N) is 1. The summed E-state index contributed by atoms with van der Waals surface area (Å²) in [5.41, 5.74) is 4.78. The first-order valence-electron chi connectivity index (χ1n) is 9.76. The van der Waals surface area contributed by atoms with Gasteiger partial charge in [-0.2, -0.15) is 0 Å². The Kier molecular flexibility index (Phi) is 4.90. The van der Waals surface area contributed by atoms with Crippen molar-refractivity contribution in [2.24, 2.45) is 5.92 Å². The van der Waals surface area contributed by atoms with Crippen molar-refractivity contribution in [3.8, 4) is 0 Å². The fourth-order valence-corrected chi connectivity index (χ4v) is 4.00. The van der Waals surface area contributed by atoms with Crippen LogP contribution in [-0.2, 0) is 4.79 Å². The zero-order valence-corrected chi connectivity index (χ0v) is 16.3. The first-order chi connectivity index (χ1) is 13.5. The van der Waals surface area contributed by atoms with E-state index in [1.54, 1.807) is 0 Å². The van der Waals surface area contributed by atoms with E-state index < -0.39 is 0 Å². The first kappa shape index (κ1) is 18.3. The molecular weight excluding hydrogens is 350 g/mol. The molecule has 2 aromatic carbocycles. The molecule has 2 heterocycles. The smallest absolute Gasteiger partial charge is 0.270 e. The first-order valence-corrected chi connectivity index (χ1v) is 9.76. The second kappa shape index (κ2) is 7.50. The number of rotatable bonds is 3. The van der Waals surface area contributed by atoms with Gasteiger partial charge >= 0.3 is 0 Å². The minimum Gasteiger partial charge on any atom is -0.351 e. The second-order valence-corrected chi connectivity index (χ2v) is 7.65. The molecule has 2 amide bonds. The van der Waals surface area contributed by atoms with Crippen molar-refractivity contribution in [1.29, 1.82) is 0 Å². The van der Waals surface area contributed by atoms with E-state index in [2.05, 4.69) is 36.3 Å². The van der Waals surface area contributed by atoms with Gasteiger partial charge in [0.15, 0.2) is 0 Å². The molecule has 2 N–H and O–H groups in total. The number of amides is 2. The lowest BCUT2D eigenvalue weighted by molar-refractivity contribution is -0.121. The molecule has 0 bridgehead atoms. The summed E-state index contributed by atoms with van der Waals surface area (Å²) >= 11 is 0. The molecule has 0 unspecified atom stereocenters. The van der Waals surface area contributed by atoms with Crippen molar-refractivity contribution in [3.05, 3.63) is 65.4 Å². The summed E-state index contributed by atoms with van der Waals surface area (Å²) in [5.74, 6) is -0.0120. The minimum atomic E-state index is -0.0585. The summed E-state index contributed by atoms with van der Waals surface area (Å²) in [5, 5.41) is 4.06. The van der Waals surface area contributed by atoms with Crippen molar-refractivity contribution >= 4 is 28.4 Å². The number of aromatic nitrogens is 1. The predicted octanol–water partition coefficient (Wildman–Crippen LogP) is 4.28. The fraction of sp³-hybridized carbons (Fsp3) is 0.304. The van der Waals surface area contributed by atoms with Crippen LogP contribution in [0.5, 0.6) is 0 Å². The van der Waals surface area contributed by atoms with Gasteiger partial charge in [-0.1, -0.05) is 24.3 Å². The van der Waals surface area contributed by atoms with Crippen LogP contribution in [0.25, 0.3) is 10.9 Å². The maximum absolute atomic E-state index is 12.9. The third-order valence-corrected chi connectivity index (χ3v) is 5.51. The van der Waals surface area contributed by atoms with Gasteiger partial charge in [0.05, 0.1) is 0 Å². The molecule has 1 fully saturated rings. The SMILES string of the molecule is Cc1cc(C)c2cc(C(=O)N3CCC(C(=O)Nc4ccccc4)CC3)[nH]c2c1. The van der Waals surface area contributed by atoms with Crippen LogP contribution in [0.4, 0.5) is 5.69 Å². The van der Waals surface area contributed by atoms with Crippen LogP contribution in [0.3, 0.4) is 0 Å². The molecule has 28 heavy (non-hydrogen) atoms. The van der Waals surface area contributed by atoms with Crippen molar-refractivity contribution in [2.45, 2.75) is 26.7 Å². The van der Waals surface area contributed by atoms with Crippen LogP contribution in [0.1, 0.15) is 34.5 Å². The molecule has 1 aliphatic rings. The number of nitrogens with one attached hydrogen (secondary N) is 2. The normalized spacial score (nSPS) is 15.0. The van der Waals surface area contributed by atoms with Gasteiger partial charge in [-0.15, -0.1) is 0 Å². The van der Waals surface area contributed by atoms with Crippen LogP contribution in [0.2, 0.25) is 0 Å². The number of aromatic amines is 1. The van der Waals surface area contributed by atoms with Gasteiger partial charge in [0.2, 0.25) is 5.91 Å². The minimum absolute atomic E-state index is 0.00942. The number of piperidine rings is 1. The number of H-pyrrole nitrogens is 1. The van der Waals surface area contributed by atoms with Crippen LogP contribution in [-0.4, -0.2) is 34.8 Å². The Morgan fingerprint density at radius 1 is 1.04 bits per heavy atom. The molecule has 0 aliphatic carbocycles. The molecular formula is C23H25N3O2. The van der Waals surface area contributed by atoms with Crippen LogP contribution >= 0.6 is 0 Å². The van der Waals surface area contributed by atoms with E-state index in [1.807, 2.05) is 41.3 Å². The van der Waals surface area contributed by atoms with Gasteiger partial charge in [0.1, 0.15) is 5.69 Å². The molecule has 0 radical (unpaired) electrons. The summed E-state index contributed by atoms with van der Waals surface area (Å²) in [6.07, 6.45) is 1.37. The quantitative estimate of drug-likeness (QED) is 0.718. The molecule has 0 atom stereocenters. The zero-order chi connectivity index (χ0) is 19.7. The number of fused-ring (bicyclic) bond motifs is 1. The molecule has 5 nitrogen and oxygen atoms in total. The van der Waals surface area contributed by atoms with Gasteiger partial charge in [-0.05, 0) is 62.1 Å². The Morgan fingerprint density at radius 3 is 2.46 bits per heavy atom. The van der Waals surface area contributed by atoms with Crippen LogP contribution < -0.4 is 5.32 Å². The summed E-state index contributed by atoms with van der Waals surface area (Å²) in [7, 11) is 0. The Hall–Kier alpha value is -3.08. The number of likely N-dealkylation sites (tertiary alicyclic amines) is 1. The third kappa shape index (κ3) is 3.65. The molecule has 3 aromatic rings. The average Bonchev–Trinajstić information content (AvgIpc) is 3.13. The maximum atomic E-state index is 12.9. The average molecular weight is 375 g/mol. The van der Waals surface area contributed by atoms with Crippen molar-refractivity contribution in [3.63, 3.8) is 0 Å². The van der Waals surface area contributed by atoms with Crippen LogP contribution in [0, 0.1) is 19.8 Å². The molecule has 144 valence electrons. The van der Waals surface area contributed by atoms with E-state index in [1.165, 1.54) is 11.1 Å². The number of benzene rings is 2. The molecule has 1 aromatic heterocycles. The predicted molar refractivity (Wildman–Crippen MR) is 111 cm³/mol. The highest BCUT2D eigenvalue weighted by Crippen LogP contribution is 2.24. The number of para-hydroxylation sites is 1. The number of carbonyl (C=O) groups is 2. The van der Waals surface area contributed by atoms with Crippen molar-refractivity contribution in [1.82, 2.24) is 9.88 Å². The summed E-state index contributed by atoms with van der Waals surface area (Å²) in [6.45, 7) is 5.31. The molecule has 0 spiro atoms. The third-order valence-electron chi connectivity index (χ3n) is 5.51. The molecule has 1 saturated heterocycles. The number of hydrogen-bond donors (Lipinski definition) is 2. The Balaban J connectivity index is 1.40. The Labute approximate surface area is 164 Å². The summed E-state index contributed by atoms with van der Waals surface area (Å²) in [4.78, 5) is 30.5. The number of carbonyl (C=O) groups excluding carboxylic acids is 2. The standard InChI is InChI=1S/C23H25N3O2/c1-15-12-16(2)19-14-21(25-20(19)13-15)23(28)26-10-8-17(9-11-26)22(27)24-18-6-4-3-5-7-18/h3-7,12-14,17,25H,8-11H2,1-2H3,(H,24,27). The summed E-state index contributed by atoms with van der Waals surface area (Å²) in [6, 6.07) is 15.6. The van der Waals surface area contributed by atoms with E-state index in [-0.39, 0.29) is 17.7 Å². The zero-order valence-electron chi connectivity index (χ0n) is 16.3. The number of hydrogen-bond acceptors (Lipinski definition) is 2. The second-order valence-electron chi connectivity index (χ2n) is 7.65. The van der Waals surface area contributed by atoms with E-state index >= 15 is 0 Å². The van der Waals surface area contributed by atoms with Gasteiger partial charge in [0, 0.05) is 35.6 Å². The van der Waals surface area contributed by atoms with Gasteiger partial charge in [0.25, 0.3) is 5.91 Å². The van der Waals surface area contributed by atoms with E-state index in [0.717, 1.165) is 16.6 Å². The lowest BCUT2D eigenvalue weighted by Crippen LogP contribution is -2.41. The highest BCUT2D eigenvalue weighted by atomic mass is 16.2. The number of aryl methyl sites for hydroxylation is 2. The highest BCUT2D eigenvalue weighted by Gasteiger charge is 2.28.